The van der Waals surface area contributed by atoms with Crippen molar-refractivity contribution in [3.63, 3.8) is 0 Å². The van der Waals surface area contributed by atoms with E-state index in [-0.39, 0.29) is 25.0 Å². The van der Waals surface area contributed by atoms with Crippen molar-refractivity contribution >= 4 is 11.9 Å². The third-order valence-electron chi connectivity index (χ3n) is 4.25. The molecule has 1 aliphatic rings. The van der Waals surface area contributed by atoms with Gasteiger partial charge in [-0.25, -0.2) is 4.79 Å². The number of aliphatic hydroxyl groups excluding tert-OH is 1. The maximum atomic E-state index is 12.2. The van der Waals surface area contributed by atoms with Crippen LogP contribution in [0, 0.1) is 0 Å². The molecule has 2 rings (SSSR count). The SMILES string of the molecule is CC(=O)N1CCN(C(=O)NCCCCc2ccccc2)C[C@@H](O)C1. The van der Waals surface area contributed by atoms with Crippen LogP contribution in [0.4, 0.5) is 4.79 Å². The van der Waals surface area contributed by atoms with Gasteiger partial charge in [0.25, 0.3) is 0 Å². The number of carbonyl (C=O) groups is 2. The predicted molar refractivity (Wildman–Crippen MR) is 92.6 cm³/mol. The van der Waals surface area contributed by atoms with E-state index >= 15 is 0 Å². The molecule has 3 amide bonds. The van der Waals surface area contributed by atoms with Gasteiger partial charge in [0.05, 0.1) is 12.6 Å². The molecule has 1 atom stereocenters. The number of nitrogens with zero attached hydrogens (tertiary/aromatic N) is 2. The summed E-state index contributed by atoms with van der Waals surface area (Å²) in [6.45, 7) is 3.57. The Labute approximate surface area is 143 Å². The van der Waals surface area contributed by atoms with Crippen molar-refractivity contribution in [1.29, 1.82) is 0 Å². The standard InChI is InChI=1S/C18H27N3O3/c1-15(22)20-11-12-21(14-17(23)13-20)18(24)19-10-6-5-9-16-7-3-2-4-8-16/h2-4,7-8,17,23H,5-6,9-14H2,1H3,(H,19,24)/t17-/m0/s1. The van der Waals surface area contributed by atoms with Crippen molar-refractivity contribution in [2.24, 2.45) is 0 Å². The van der Waals surface area contributed by atoms with E-state index in [1.807, 2.05) is 18.2 Å². The van der Waals surface area contributed by atoms with E-state index in [4.69, 9.17) is 0 Å². The lowest BCUT2D eigenvalue weighted by Gasteiger charge is -2.22. The molecule has 1 aromatic rings. The van der Waals surface area contributed by atoms with Crippen molar-refractivity contribution in [2.75, 3.05) is 32.7 Å². The quantitative estimate of drug-likeness (QED) is 0.797. The Kier molecular flexibility index (Phi) is 7.06. The van der Waals surface area contributed by atoms with Gasteiger partial charge in [-0.15, -0.1) is 0 Å². The number of aryl methyl sites for hydroxylation is 1. The summed E-state index contributed by atoms with van der Waals surface area (Å²) in [6.07, 6.45) is 2.24. The maximum Gasteiger partial charge on any atom is 0.317 e. The number of aliphatic hydroxyl groups is 1. The molecule has 6 heteroatoms. The van der Waals surface area contributed by atoms with Gasteiger partial charge in [0.2, 0.25) is 5.91 Å². The first-order valence-electron chi connectivity index (χ1n) is 8.56. The number of carbonyl (C=O) groups excluding carboxylic acids is 2. The molecule has 24 heavy (non-hydrogen) atoms. The third kappa shape index (κ3) is 5.85. The zero-order chi connectivity index (χ0) is 17.4. The first-order chi connectivity index (χ1) is 11.6. The van der Waals surface area contributed by atoms with Crippen LogP contribution in [0.3, 0.4) is 0 Å². The van der Waals surface area contributed by atoms with E-state index in [1.54, 1.807) is 9.80 Å². The lowest BCUT2D eigenvalue weighted by atomic mass is 10.1. The monoisotopic (exact) mass is 333 g/mol. The molecule has 1 aliphatic heterocycles. The topological polar surface area (TPSA) is 72.9 Å². The largest absolute Gasteiger partial charge is 0.389 e. The minimum Gasteiger partial charge on any atom is -0.389 e. The van der Waals surface area contributed by atoms with Crippen LogP contribution in [0.25, 0.3) is 0 Å². The summed E-state index contributed by atoms with van der Waals surface area (Å²) in [5, 5.41) is 12.9. The molecule has 1 heterocycles. The molecular formula is C18H27N3O3. The second kappa shape index (κ2) is 9.27. The lowest BCUT2D eigenvalue weighted by molar-refractivity contribution is -0.129. The van der Waals surface area contributed by atoms with Gasteiger partial charge in [-0.05, 0) is 24.8 Å². The Morgan fingerprint density at radius 3 is 2.50 bits per heavy atom. The van der Waals surface area contributed by atoms with Crippen LogP contribution in [0.2, 0.25) is 0 Å². The molecule has 0 radical (unpaired) electrons. The van der Waals surface area contributed by atoms with E-state index in [9.17, 15) is 14.7 Å². The van der Waals surface area contributed by atoms with Gasteiger partial charge in [-0.3, -0.25) is 4.79 Å². The van der Waals surface area contributed by atoms with Crippen LogP contribution in [-0.2, 0) is 11.2 Å². The van der Waals surface area contributed by atoms with Crippen LogP contribution in [0.5, 0.6) is 0 Å². The molecular weight excluding hydrogens is 306 g/mol. The molecule has 1 aromatic carbocycles. The molecule has 0 aliphatic carbocycles. The average Bonchev–Trinajstić information content (AvgIpc) is 2.77. The summed E-state index contributed by atoms with van der Waals surface area (Å²) in [4.78, 5) is 26.8. The number of nitrogens with one attached hydrogen (secondary N) is 1. The number of unbranched alkanes of at least 4 members (excludes halogenated alkanes) is 1. The van der Waals surface area contributed by atoms with Gasteiger partial charge in [-0.2, -0.15) is 0 Å². The van der Waals surface area contributed by atoms with Crippen molar-refractivity contribution in [1.82, 2.24) is 15.1 Å². The number of rotatable bonds is 5. The lowest BCUT2D eigenvalue weighted by Crippen LogP contribution is -2.44. The Bertz CT molecular complexity index is 536. The number of urea groups is 1. The van der Waals surface area contributed by atoms with Crippen LogP contribution >= 0.6 is 0 Å². The van der Waals surface area contributed by atoms with Crippen LogP contribution in [0.15, 0.2) is 30.3 Å². The number of hydrogen-bond acceptors (Lipinski definition) is 3. The highest BCUT2D eigenvalue weighted by atomic mass is 16.3. The Morgan fingerprint density at radius 1 is 1.12 bits per heavy atom. The number of amides is 3. The fraction of sp³-hybridized carbons (Fsp3) is 0.556. The molecule has 0 bridgehead atoms. The summed E-state index contributed by atoms with van der Waals surface area (Å²) in [7, 11) is 0. The Balaban J connectivity index is 1.67. The first-order valence-corrected chi connectivity index (χ1v) is 8.56. The van der Waals surface area contributed by atoms with Gasteiger partial charge in [0.1, 0.15) is 0 Å². The van der Waals surface area contributed by atoms with E-state index in [2.05, 4.69) is 17.4 Å². The highest BCUT2D eigenvalue weighted by Crippen LogP contribution is 2.06. The highest BCUT2D eigenvalue weighted by molar-refractivity contribution is 5.75. The van der Waals surface area contributed by atoms with Gasteiger partial charge in [-0.1, -0.05) is 30.3 Å². The number of hydrogen-bond donors (Lipinski definition) is 2. The van der Waals surface area contributed by atoms with Crippen LogP contribution in [0.1, 0.15) is 25.3 Å². The van der Waals surface area contributed by atoms with E-state index in [0.29, 0.717) is 19.6 Å². The third-order valence-corrected chi connectivity index (χ3v) is 4.25. The Hall–Kier alpha value is -2.08. The van der Waals surface area contributed by atoms with Crippen LogP contribution in [-0.4, -0.2) is 65.7 Å². The molecule has 1 saturated heterocycles. The zero-order valence-electron chi connectivity index (χ0n) is 14.3. The van der Waals surface area contributed by atoms with Gasteiger partial charge >= 0.3 is 6.03 Å². The number of benzene rings is 1. The summed E-state index contributed by atoms with van der Waals surface area (Å²) in [5.74, 6) is -0.0720. The summed E-state index contributed by atoms with van der Waals surface area (Å²) in [6, 6.07) is 10.1. The summed E-state index contributed by atoms with van der Waals surface area (Å²) >= 11 is 0. The smallest absolute Gasteiger partial charge is 0.317 e. The van der Waals surface area contributed by atoms with Gasteiger partial charge < -0.3 is 20.2 Å². The van der Waals surface area contributed by atoms with Crippen molar-refractivity contribution < 1.29 is 14.7 Å². The minimum atomic E-state index is -0.694. The van der Waals surface area contributed by atoms with E-state index < -0.39 is 6.10 Å². The molecule has 6 nitrogen and oxygen atoms in total. The van der Waals surface area contributed by atoms with Crippen molar-refractivity contribution in [3.05, 3.63) is 35.9 Å². The fourth-order valence-corrected chi connectivity index (χ4v) is 2.87. The molecule has 0 spiro atoms. The fourth-order valence-electron chi connectivity index (χ4n) is 2.87. The second-order valence-electron chi connectivity index (χ2n) is 6.24. The van der Waals surface area contributed by atoms with Crippen molar-refractivity contribution in [3.8, 4) is 0 Å². The van der Waals surface area contributed by atoms with Crippen LogP contribution < -0.4 is 5.32 Å². The first kappa shape index (κ1) is 18.3. The second-order valence-corrected chi connectivity index (χ2v) is 6.24. The van der Waals surface area contributed by atoms with E-state index in [0.717, 1.165) is 19.3 Å². The summed E-state index contributed by atoms with van der Waals surface area (Å²) < 4.78 is 0. The molecule has 132 valence electrons. The number of β-amino-alcohol motifs (C(OH)–C–C–N with tert-alkyl or cyclic N) is 1. The summed E-state index contributed by atoms with van der Waals surface area (Å²) in [5.41, 5.74) is 1.31. The molecule has 1 fully saturated rings. The zero-order valence-corrected chi connectivity index (χ0v) is 14.3. The molecule has 2 N–H and O–H groups in total. The maximum absolute atomic E-state index is 12.2. The minimum absolute atomic E-state index is 0.0720. The predicted octanol–water partition coefficient (Wildman–Crippen LogP) is 1.24. The molecule has 0 unspecified atom stereocenters. The highest BCUT2D eigenvalue weighted by Gasteiger charge is 2.25. The average molecular weight is 333 g/mol. The molecule has 0 aromatic heterocycles. The van der Waals surface area contributed by atoms with Gasteiger partial charge in [0, 0.05) is 33.1 Å². The molecule has 0 saturated carbocycles. The van der Waals surface area contributed by atoms with Crippen molar-refractivity contribution in [2.45, 2.75) is 32.3 Å². The van der Waals surface area contributed by atoms with Gasteiger partial charge in [0.15, 0.2) is 0 Å². The van der Waals surface area contributed by atoms with E-state index in [1.165, 1.54) is 12.5 Å². The normalized spacial score (nSPS) is 18.2. The Morgan fingerprint density at radius 2 is 1.79 bits per heavy atom.